The zero-order chi connectivity index (χ0) is 21.3. The smallest absolute Gasteiger partial charge is 0.269 e. The molecule has 0 amide bonds. The average molecular weight is 409 g/mol. The van der Waals surface area contributed by atoms with Crippen molar-refractivity contribution in [2.24, 2.45) is 0 Å². The Balaban J connectivity index is 1.56. The number of likely N-dealkylation sites (N-methyl/N-ethyl adjacent to an activating group) is 1. The second kappa shape index (κ2) is 8.13. The highest BCUT2D eigenvalue weighted by atomic mass is 16.7. The summed E-state index contributed by atoms with van der Waals surface area (Å²) in [5.74, 6) is 8.58. The van der Waals surface area contributed by atoms with E-state index in [0.717, 1.165) is 41.1 Å². The van der Waals surface area contributed by atoms with Crippen LogP contribution in [0.3, 0.4) is 0 Å². The van der Waals surface area contributed by atoms with E-state index in [4.69, 9.17) is 14.2 Å². The van der Waals surface area contributed by atoms with Gasteiger partial charge in [0, 0.05) is 29.9 Å². The third-order valence-electron chi connectivity index (χ3n) is 5.42. The van der Waals surface area contributed by atoms with Gasteiger partial charge in [-0.3, -0.25) is 15.0 Å². The highest BCUT2D eigenvalue weighted by Crippen LogP contribution is 2.49. The van der Waals surface area contributed by atoms with Gasteiger partial charge in [-0.25, -0.2) is 0 Å². The molecule has 0 saturated heterocycles. The number of methoxy groups -OCH3 is 1. The summed E-state index contributed by atoms with van der Waals surface area (Å²) in [6.45, 7) is 3.33. The zero-order valence-corrected chi connectivity index (χ0v) is 17.2. The van der Waals surface area contributed by atoms with Crippen molar-refractivity contribution in [3.8, 4) is 29.1 Å². The molecule has 0 aliphatic carbocycles. The predicted molar refractivity (Wildman–Crippen MR) is 112 cm³/mol. The summed E-state index contributed by atoms with van der Waals surface area (Å²) >= 11 is 0. The average Bonchev–Trinajstić information content (AvgIpc) is 3.20. The fourth-order valence-corrected chi connectivity index (χ4v) is 3.86. The maximum atomic E-state index is 10.9. The first-order valence-electron chi connectivity index (χ1n) is 9.66. The van der Waals surface area contributed by atoms with Crippen LogP contribution in [0.1, 0.15) is 22.7 Å². The molecule has 2 heterocycles. The van der Waals surface area contributed by atoms with Crippen LogP contribution in [-0.2, 0) is 6.42 Å². The molecule has 30 heavy (non-hydrogen) atoms. The fourth-order valence-electron chi connectivity index (χ4n) is 3.86. The lowest BCUT2D eigenvalue weighted by Crippen LogP contribution is -2.31. The van der Waals surface area contributed by atoms with Crippen LogP contribution in [0.5, 0.6) is 17.2 Å². The molecule has 0 aromatic heterocycles. The zero-order valence-electron chi connectivity index (χ0n) is 17.2. The maximum Gasteiger partial charge on any atom is 0.269 e. The van der Waals surface area contributed by atoms with E-state index in [1.54, 1.807) is 19.2 Å². The van der Waals surface area contributed by atoms with Gasteiger partial charge in [-0.2, -0.15) is 0 Å². The van der Waals surface area contributed by atoms with Crippen molar-refractivity contribution in [1.82, 2.24) is 4.90 Å². The standard InChI is InChI=1S/C22H23N3O5/c1-14-11-16(25(26)27)6-7-17(14)23-9-4-5-18-20-15(8-10-24(18)2)12-19-21(22(20)28-3)30-13-29-19/h6-7,11-12,18,23H,8-10,13H2,1-3H3/t18-/m1/s1. The van der Waals surface area contributed by atoms with Gasteiger partial charge >= 0.3 is 0 Å². The van der Waals surface area contributed by atoms with Crippen molar-refractivity contribution in [1.29, 1.82) is 0 Å². The molecule has 0 bridgehead atoms. The molecule has 2 aromatic rings. The number of fused-ring (bicyclic) bond motifs is 2. The van der Waals surface area contributed by atoms with E-state index in [1.807, 2.05) is 20.0 Å². The second-order valence-electron chi connectivity index (χ2n) is 7.28. The van der Waals surface area contributed by atoms with Gasteiger partial charge in [-0.15, -0.1) is 0 Å². The normalized spacial score (nSPS) is 17.0. The Morgan fingerprint density at radius 3 is 2.93 bits per heavy atom. The van der Waals surface area contributed by atoms with E-state index >= 15 is 0 Å². The predicted octanol–water partition coefficient (Wildman–Crippen LogP) is 3.29. The minimum Gasteiger partial charge on any atom is -0.492 e. The largest absolute Gasteiger partial charge is 0.492 e. The molecular weight excluding hydrogens is 386 g/mol. The van der Waals surface area contributed by atoms with Crippen LogP contribution in [0.25, 0.3) is 0 Å². The number of non-ortho nitro benzene ring substituents is 1. The minimum absolute atomic E-state index is 0.0791. The lowest BCUT2D eigenvalue weighted by atomic mass is 9.91. The molecule has 0 spiro atoms. The number of benzene rings is 2. The molecule has 8 nitrogen and oxygen atoms in total. The van der Waals surface area contributed by atoms with Gasteiger partial charge in [0.25, 0.3) is 5.69 Å². The number of ether oxygens (including phenoxy) is 3. The monoisotopic (exact) mass is 409 g/mol. The van der Waals surface area contributed by atoms with E-state index in [1.165, 1.54) is 6.07 Å². The van der Waals surface area contributed by atoms with E-state index in [2.05, 4.69) is 22.1 Å². The van der Waals surface area contributed by atoms with Gasteiger partial charge in [-0.1, -0.05) is 11.8 Å². The van der Waals surface area contributed by atoms with Gasteiger partial charge in [0.1, 0.15) is 6.04 Å². The molecule has 156 valence electrons. The van der Waals surface area contributed by atoms with E-state index in [-0.39, 0.29) is 18.5 Å². The molecule has 1 N–H and O–H groups in total. The summed E-state index contributed by atoms with van der Waals surface area (Å²) in [5, 5.41) is 14.1. The Hall–Kier alpha value is -3.44. The molecule has 0 saturated carbocycles. The van der Waals surface area contributed by atoms with E-state index in [9.17, 15) is 10.1 Å². The highest BCUT2D eigenvalue weighted by molar-refractivity contribution is 5.63. The number of nitro benzene ring substituents is 1. The maximum absolute atomic E-state index is 10.9. The summed E-state index contributed by atoms with van der Waals surface area (Å²) < 4.78 is 16.9. The van der Waals surface area contributed by atoms with Crippen LogP contribution in [-0.4, -0.2) is 43.9 Å². The summed E-state index contributed by atoms with van der Waals surface area (Å²) in [7, 11) is 3.68. The van der Waals surface area contributed by atoms with E-state index in [0.29, 0.717) is 18.0 Å². The summed E-state index contributed by atoms with van der Waals surface area (Å²) in [4.78, 5) is 12.7. The molecule has 0 radical (unpaired) electrons. The van der Waals surface area contributed by atoms with Crippen LogP contribution in [0.4, 0.5) is 11.4 Å². The van der Waals surface area contributed by atoms with Gasteiger partial charge in [0.2, 0.25) is 12.5 Å². The number of hydrogen-bond donors (Lipinski definition) is 1. The summed E-state index contributed by atoms with van der Waals surface area (Å²) in [6.07, 6.45) is 0.886. The highest BCUT2D eigenvalue weighted by Gasteiger charge is 2.33. The number of anilines is 1. The van der Waals surface area contributed by atoms with Crippen LogP contribution in [0.15, 0.2) is 24.3 Å². The molecule has 0 unspecified atom stereocenters. The molecule has 2 aliphatic rings. The minimum atomic E-state index is -0.397. The topological polar surface area (TPSA) is 86.1 Å². The molecule has 8 heteroatoms. The Kier molecular flexibility index (Phi) is 5.38. The summed E-state index contributed by atoms with van der Waals surface area (Å²) in [5.41, 5.74) is 3.89. The van der Waals surface area contributed by atoms with E-state index < -0.39 is 4.92 Å². The fraction of sp³-hybridized carbons (Fsp3) is 0.364. The van der Waals surface area contributed by atoms with Gasteiger partial charge in [0.05, 0.1) is 18.6 Å². The number of nitro groups is 1. The number of aryl methyl sites for hydroxylation is 1. The summed E-state index contributed by atoms with van der Waals surface area (Å²) in [6, 6.07) is 6.65. The van der Waals surface area contributed by atoms with Crippen LogP contribution >= 0.6 is 0 Å². The Morgan fingerprint density at radius 1 is 1.37 bits per heavy atom. The van der Waals surface area contributed by atoms with Crippen molar-refractivity contribution in [3.05, 3.63) is 51.1 Å². The quantitative estimate of drug-likeness (QED) is 0.471. The molecule has 2 aliphatic heterocycles. The molecule has 4 rings (SSSR count). The number of hydrogen-bond acceptors (Lipinski definition) is 7. The molecule has 0 fully saturated rings. The van der Waals surface area contributed by atoms with Gasteiger partial charge < -0.3 is 19.5 Å². The van der Waals surface area contributed by atoms with Crippen molar-refractivity contribution < 1.29 is 19.1 Å². The van der Waals surface area contributed by atoms with Gasteiger partial charge in [-0.05, 0) is 43.7 Å². The number of nitrogens with one attached hydrogen (secondary N) is 1. The first kappa shape index (κ1) is 19.9. The molecule has 2 aromatic carbocycles. The number of nitrogens with zero attached hydrogens (tertiary/aromatic N) is 2. The lowest BCUT2D eigenvalue weighted by molar-refractivity contribution is -0.384. The first-order chi connectivity index (χ1) is 14.5. The van der Waals surface area contributed by atoms with Crippen LogP contribution in [0.2, 0.25) is 0 Å². The lowest BCUT2D eigenvalue weighted by Gasteiger charge is -2.32. The van der Waals surface area contributed by atoms with Crippen molar-refractivity contribution in [2.45, 2.75) is 19.4 Å². The third kappa shape index (κ3) is 3.60. The second-order valence-corrected chi connectivity index (χ2v) is 7.28. The third-order valence-corrected chi connectivity index (χ3v) is 5.42. The SMILES string of the molecule is COc1c2c(cc3c1[C@@H](C#CCNc1ccc([N+](=O)[O-])cc1C)N(C)CC3)OCO2. The Bertz CT molecular complexity index is 1060. The Morgan fingerprint density at radius 2 is 2.20 bits per heavy atom. The van der Waals surface area contributed by atoms with Crippen molar-refractivity contribution >= 4 is 11.4 Å². The number of rotatable bonds is 4. The molecular formula is C22H23N3O5. The Labute approximate surface area is 174 Å². The van der Waals surface area contributed by atoms with Crippen molar-refractivity contribution in [2.75, 3.05) is 39.4 Å². The molecule has 1 atom stereocenters. The van der Waals surface area contributed by atoms with Crippen LogP contribution in [0, 0.1) is 28.9 Å². The van der Waals surface area contributed by atoms with Crippen molar-refractivity contribution in [3.63, 3.8) is 0 Å². The first-order valence-corrected chi connectivity index (χ1v) is 9.66. The van der Waals surface area contributed by atoms with Crippen LogP contribution < -0.4 is 19.5 Å². The van der Waals surface area contributed by atoms with Gasteiger partial charge in [0.15, 0.2) is 11.5 Å².